The van der Waals surface area contributed by atoms with Crippen LogP contribution in [0.25, 0.3) is 0 Å². The molecule has 3 N–H and O–H groups in total. The molecule has 1 atom stereocenters. The van der Waals surface area contributed by atoms with E-state index in [1.165, 1.54) is 6.21 Å². The van der Waals surface area contributed by atoms with Gasteiger partial charge < -0.3 is 24.8 Å². The SMILES string of the molecule is CCOC(=O)C1=C(C)NC(=S)N[C@@H]1c1ccccc1OCC(=O)NN=Cc1cc(I)cc(I)c1OCC#N. The zero-order valence-corrected chi connectivity index (χ0v) is 25.5. The first-order chi connectivity index (χ1) is 18.2. The molecule has 1 amide bonds. The summed E-state index contributed by atoms with van der Waals surface area (Å²) < 4.78 is 18.3. The van der Waals surface area contributed by atoms with Crippen LogP contribution in [0.15, 0.2) is 52.8 Å². The largest absolute Gasteiger partial charge is 0.483 e. The standard InChI is InChI=1S/C25H23I2N5O5S/c1-3-35-24(34)21-14(2)30-25(38)31-22(21)17-6-4-5-7-19(17)37-13-20(33)32-29-12-15-10-16(26)11-18(27)23(15)36-9-8-28/h4-7,10-12,22H,3,9,13H2,1-2H3,(H,32,33)(H2,30,31,38)/t22-/m1/s1. The van der Waals surface area contributed by atoms with Crippen LogP contribution in [0, 0.1) is 18.5 Å². The molecule has 1 heterocycles. The number of nitriles is 1. The van der Waals surface area contributed by atoms with E-state index < -0.39 is 17.9 Å². The number of hydrazone groups is 1. The third-order valence-corrected chi connectivity index (χ3v) is 6.71. The van der Waals surface area contributed by atoms with Gasteiger partial charge in [-0.2, -0.15) is 10.4 Å². The van der Waals surface area contributed by atoms with Crippen molar-refractivity contribution in [1.82, 2.24) is 16.1 Å². The van der Waals surface area contributed by atoms with Crippen LogP contribution in [0.4, 0.5) is 0 Å². The van der Waals surface area contributed by atoms with Gasteiger partial charge in [0.05, 0.1) is 28.0 Å². The number of hydrogen-bond donors (Lipinski definition) is 3. The van der Waals surface area contributed by atoms with Crippen LogP contribution in [0.5, 0.6) is 11.5 Å². The zero-order chi connectivity index (χ0) is 27.7. The molecule has 0 aromatic heterocycles. The Labute approximate surface area is 252 Å². The molecular formula is C25H23I2N5O5S. The third-order valence-electron chi connectivity index (χ3n) is 5.06. The third kappa shape index (κ3) is 7.77. The number of allylic oxidation sites excluding steroid dienone is 1. The number of halogens is 2. The van der Waals surface area contributed by atoms with Crippen LogP contribution < -0.4 is 25.5 Å². The highest BCUT2D eigenvalue weighted by molar-refractivity contribution is 14.1. The van der Waals surface area contributed by atoms with E-state index in [0.717, 1.165) is 7.14 Å². The lowest BCUT2D eigenvalue weighted by Crippen LogP contribution is -2.45. The molecule has 2 aromatic carbocycles. The first kappa shape index (κ1) is 29.6. The smallest absolute Gasteiger partial charge is 0.338 e. The zero-order valence-electron chi connectivity index (χ0n) is 20.3. The van der Waals surface area contributed by atoms with Crippen molar-refractivity contribution in [2.45, 2.75) is 19.9 Å². The van der Waals surface area contributed by atoms with E-state index in [0.29, 0.717) is 39.0 Å². The normalized spacial score (nSPS) is 14.8. The van der Waals surface area contributed by atoms with Crippen LogP contribution in [-0.4, -0.2) is 43.0 Å². The van der Waals surface area contributed by atoms with Crippen molar-refractivity contribution in [3.8, 4) is 17.6 Å². The van der Waals surface area contributed by atoms with E-state index >= 15 is 0 Å². The summed E-state index contributed by atoms with van der Waals surface area (Å²) in [6.45, 7) is 3.25. The van der Waals surface area contributed by atoms with Gasteiger partial charge in [-0.15, -0.1) is 0 Å². The quantitative estimate of drug-likeness (QED) is 0.109. The van der Waals surface area contributed by atoms with Crippen LogP contribution in [0.1, 0.15) is 31.0 Å². The molecule has 10 nitrogen and oxygen atoms in total. The number of hydrogen-bond acceptors (Lipinski definition) is 8. The second kappa shape index (κ2) is 14.3. The molecule has 0 bridgehead atoms. The van der Waals surface area contributed by atoms with E-state index in [4.69, 9.17) is 31.7 Å². The molecule has 0 saturated heterocycles. The van der Waals surface area contributed by atoms with E-state index in [1.54, 1.807) is 38.1 Å². The van der Waals surface area contributed by atoms with Crippen molar-refractivity contribution in [3.05, 3.63) is 65.9 Å². The highest BCUT2D eigenvalue weighted by Gasteiger charge is 2.32. The van der Waals surface area contributed by atoms with Crippen molar-refractivity contribution in [2.75, 3.05) is 19.8 Å². The van der Waals surface area contributed by atoms with Crippen molar-refractivity contribution < 1.29 is 23.8 Å². The van der Waals surface area contributed by atoms with Crippen LogP contribution in [0.3, 0.4) is 0 Å². The number of para-hydroxylation sites is 1. The van der Waals surface area contributed by atoms with Crippen molar-refractivity contribution in [2.24, 2.45) is 5.10 Å². The van der Waals surface area contributed by atoms with Crippen LogP contribution >= 0.6 is 57.4 Å². The monoisotopic (exact) mass is 759 g/mol. The molecule has 198 valence electrons. The van der Waals surface area contributed by atoms with Crippen LogP contribution in [0.2, 0.25) is 0 Å². The fraction of sp³-hybridized carbons (Fsp3) is 0.240. The van der Waals surface area contributed by atoms with Gasteiger partial charge in [-0.1, -0.05) is 18.2 Å². The van der Waals surface area contributed by atoms with Gasteiger partial charge in [-0.05, 0) is 89.4 Å². The maximum absolute atomic E-state index is 12.7. The number of esters is 1. The molecule has 0 saturated carbocycles. The van der Waals surface area contributed by atoms with Gasteiger partial charge in [0, 0.05) is 20.4 Å². The average Bonchev–Trinajstić information content (AvgIpc) is 2.86. The second-order valence-electron chi connectivity index (χ2n) is 7.66. The topological polar surface area (TPSA) is 134 Å². The van der Waals surface area contributed by atoms with E-state index in [1.807, 2.05) is 18.2 Å². The Balaban J connectivity index is 1.73. The fourth-order valence-corrected chi connectivity index (χ4v) is 5.86. The molecular weight excluding hydrogens is 736 g/mol. The minimum atomic E-state index is -0.630. The highest BCUT2D eigenvalue weighted by Crippen LogP contribution is 2.33. The fourth-order valence-electron chi connectivity index (χ4n) is 3.54. The number of thiocarbonyl (C=S) groups is 1. The molecule has 2 aromatic rings. The number of rotatable bonds is 10. The van der Waals surface area contributed by atoms with E-state index in [9.17, 15) is 9.59 Å². The molecule has 13 heteroatoms. The molecule has 0 unspecified atom stereocenters. The van der Waals surface area contributed by atoms with Gasteiger partial charge in [-0.25, -0.2) is 10.2 Å². The summed E-state index contributed by atoms with van der Waals surface area (Å²) in [4.78, 5) is 25.2. The summed E-state index contributed by atoms with van der Waals surface area (Å²) in [5, 5.41) is 19.2. The number of nitrogens with zero attached hydrogens (tertiary/aromatic N) is 2. The lowest BCUT2D eigenvalue weighted by atomic mass is 9.95. The molecule has 0 fully saturated rings. The Morgan fingerprint density at radius 3 is 2.76 bits per heavy atom. The molecule has 0 radical (unpaired) electrons. The maximum Gasteiger partial charge on any atom is 0.338 e. The Bertz CT molecular complexity index is 1340. The van der Waals surface area contributed by atoms with Gasteiger partial charge in [0.25, 0.3) is 5.91 Å². The molecule has 0 aliphatic carbocycles. The van der Waals surface area contributed by atoms with Gasteiger partial charge in [0.1, 0.15) is 17.6 Å². The number of benzene rings is 2. The van der Waals surface area contributed by atoms with Crippen molar-refractivity contribution >= 4 is 80.6 Å². The summed E-state index contributed by atoms with van der Waals surface area (Å²) in [5.41, 5.74) is 4.60. The predicted molar refractivity (Wildman–Crippen MR) is 162 cm³/mol. The average molecular weight is 759 g/mol. The minimum Gasteiger partial charge on any atom is -0.483 e. The van der Waals surface area contributed by atoms with Gasteiger partial charge >= 0.3 is 5.97 Å². The Morgan fingerprint density at radius 2 is 2.03 bits per heavy atom. The molecule has 38 heavy (non-hydrogen) atoms. The lowest BCUT2D eigenvalue weighted by molar-refractivity contribution is -0.139. The number of amides is 1. The van der Waals surface area contributed by atoms with E-state index in [2.05, 4.69) is 66.3 Å². The van der Waals surface area contributed by atoms with Gasteiger partial charge in [0.2, 0.25) is 0 Å². The first-order valence-electron chi connectivity index (χ1n) is 11.2. The van der Waals surface area contributed by atoms with Crippen LogP contribution in [-0.2, 0) is 14.3 Å². The minimum absolute atomic E-state index is 0.111. The number of carbonyl (C=O) groups is 2. The van der Waals surface area contributed by atoms with E-state index in [-0.39, 0.29) is 19.8 Å². The number of ether oxygens (including phenoxy) is 3. The molecule has 3 rings (SSSR count). The highest BCUT2D eigenvalue weighted by atomic mass is 127. The number of carbonyl (C=O) groups excluding carboxylic acids is 2. The van der Waals surface area contributed by atoms with Crippen molar-refractivity contribution in [3.63, 3.8) is 0 Å². The maximum atomic E-state index is 12.7. The first-order valence-corrected chi connectivity index (χ1v) is 13.8. The summed E-state index contributed by atoms with van der Waals surface area (Å²) in [6, 6.07) is 12.1. The van der Waals surface area contributed by atoms with Crippen molar-refractivity contribution in [1.29, 1.82) is 5.26 Å². The second-order valence-corrected chi connectivity index (χ2v) is 10.5. The predicted octanol–water partition coefficient (Wildman–Crippen LogP) is 3.68. The van der Waals surface area contributed by atoms with Gasteiger partial charge in [-0.3, -0.25) is 4.79 Å². The molecule has 1 aliphatic heterocycles. The Hall–Kier alpha value is -2.97. The Morgan fingerprint density at radius 1 is 1.26 bits per heavy atom. The van der Waals surface area contributed by atoms with Gasteiger partial charge in [0.15, 0.2) is 18.3 Å². The summed E-state index contributed by atoms with van der Waals surface area (Å²) in [5.74, 6) is -0.0867. The summed E-state index contributed by atoms with van der Waals surface area (Å²) in [6.07, 6.45) is 1.45. The lowest BCUT2D eigenvalue weighted by Gasteiger charge is -2.30. The number of nitrogens with one attached hydrogen (secondary N) is 3. The summed E-state index contributed by atoms with van der Waals surface area (Å²) in [7, 11) is 0. The molecule has 0 spiro atoms. The molecule has 1 aliphatic rings. The Kier molecular flexibility index (Phi) is 11.1. The summed E-state index contributed by atoms with van der Waals surface area (Å²) >= 11 is 9.57.